The molecule has 0 heterocycles. The van der Waals surface area contributed by atoms with Gasteiger partial charge in [-0.2, -0.15) is 0 Å². The second kappa shape index (κ2) is 3.58. The van der Waals surface area contributed by atoms with Crippen LogP contribution in [0.15, 0.2) is 18.2 Å². The zero-order chi connectivity index (χ0) is 10.1. The van der Waals surface area contributed by atoms with Crippen molar-refractivity contribution in [2.75, 3.05) is 5.73 Å². The number of halogens is 1. The fourth-order valence-corrected chi connectivity index (χ4v) is 1.90. The molecule has 0 amide bonds. The first-order valence-electron chi connectivity index (χ1n) is 4.98. The molecule has 14 heavy (non-hydrogen) atoms. The van der Waals surface area contributed by atoms with Crippen LogP contribution in [0.5, 0.6) is 0 Å². The van der Waals surface area contributed by atoms with Gasteiger partial charge in [-0.3, -0.25) is 0 Å². The number of rotatable bonds is 2. The smallest absolute Gasteiger partial charge is 0.125 e. The van der Waals surface area contributed by atoms with Crippen molar-refractivity contribution >= 4 is 5.69 Å². The second-order valence-corrected chi connectivity index (χ2v) is 4.03. The maximum absolute atomic E-state index is 13.0. The third-order valence-corrected chi connectivity index (χ3v) is 2.99. The first-order chi connectivity index (χ1) is 6.66. The second-order valence-electron chi connectivity index (χ2n) is 4.03. The van der Waals surface area contributed by atoms with Gasteiger partial charge in [0.25, 0.3) is 0 Å². The molecular weight excluding hydrogens is 179 g/mol. The van der Waals surface area contributed by atoms with E-state index in [-0.39, 0.29) is 11.9 Å². The van der Waals surface area contributed by atoms with Crippen LogP contribution in [0.4, 0.5) is 10.1 Å². The monoisotopic (exact) mass is 194 g/mol. The van der Waals surface area contributed by atoms with E-state index in [0.717, 1.165) is 18.4 Å². The Balaban J connectivity index is 2.21. The van der Waals surface area contributed by atoms with Crippen molar-refractivity contribution in [2.45, 2.75) is 25.3 Å². The topological polar surface area (TPSA) is 52.0 Å². The summed E-state index contributed by atoms with van der Waals surface area (Å²) in [5.74, 6) is 0.214. The number of hydrogen-bond donors (Lipinski definition) is 2. The van der Waals surface area contributed by atoms with Crippen molar-refractivity contribution in [3.8, 4) is 0 Å². The maximum Gasteiger partial charge on any atom is 0.125 e. The lowest BCUT2D eigenvalue weighted by molar-refractivity contribution is 0.264. The predicted octanol–water partition coefficient (Wildman–Crippen LogP) is 2.21. The largest absolute Gasteiger partial charge is 0.399 e. The number of nitrogen functional groups attached to an aromatic ring is 1. The fourth-order valence-electron chi connectivity index (χ4n) is 1.90. The lowest BCUT2D eigenvalue weighted by Crippen LogP contribution is -2.26. The highest BCUT2D eigenvalue weighted by atomic mass is 19.1. The SMILES string of the molecule is Nc1cc(F)cc([C@H](N)C2CCC2)c1. The minimum absolute atomic E-state index is 0.0539. The normalized spacial score (nSPS) is 19.0. The number of anilines is 1. The molecule has 1 fully saturated rings. The van der Waals surface area contributed by atoms with Crippen molar-refractivity contribution in [1.29, 1.82) is 0 Å². The molecule has 2 nitrogen and oxygen atoms in total. The molecule has 1 aliphatic carbocycles. The Bertz CT molecular complexity index is 314. The molecule has 76 valence electrons. The molecule has 0 aliphatic heterocycles. The average Bonchev–Trinajstić information content (AvgIpc) is 1.98. The van der Waals surface area contributed by atoms with Crippen molar-refractivity contribution in [2.24, 2.45) is 11.7 Å². The van der Waals surface area contributed by atoms with E-state index in [1.807, 2.05) is 0 Å². The zero-order valence-electron chi connectivity index (χ0n) is 8.04. The van der Waals surface area contributed by atoms with Gasteiger partial charge in [0, 0.05) is 11.7 Å². The highest BCUT2D eigenvalue weighted by molar-refractivity contribution is 5.42. The molecule has 1 saturated carbocycles. The molecule has 1 aromatic carbocycles. The summed E-state index contributed by atoms with van der Waals surface area (Å²) in [5, 5.41) is 0. The average molecular weight is 194 g/mol. The van der Waals surface area contributed by atoms with Crippen LogP contribution < -0.4 is 11.5 Å². The van der Waals surface area contributed by atoms with Gasteiger partial charge in [-0.15, -0.1) is 0 Å². The van der Waals surface area contributed by atoms with Gasteiger partial charge in [-0.1, -0.05) is 6.42 Å². The summed E-state index contributed by atoms with van der Waals surface area (Å²) < 4.78 is 13.0. The van der Waals surface area contributed by atoms with Crippen molar-refractivity contribution in [1.82, 2.24) is 0 Å². The summed E-state index contributed by atoms with van der Waals surface area (Å²) in [5.41, 5.74) is 12.9. The molecule has 0 saturated heterocycles. The van der Waals surface area contributed by atoms with Gasteiger partial charge in [0.15, 0.2) is 0 Å². The molecule has 0 bridgehead atoms. The minimum Gasteiger partial charge on any atom is -0.399 e. The van der Waals surface area contributed by atoms with Crippen LogP contribution in [0.1, 0.15) is 30.9 Å². The lowest BCUT2D eigenvalue weighted by Gasteiger charge is -2.31. The van der Waals surface area contributed by atoms with E-state index in [2.05, 4.69) is 0 Å². The molecule has 1 atom stereocenters. The molecule has 1 aromatic rings. The number of nitrogens with two attached hydrogens (primary N) is 2. The van der Waals surface area contributed by atoms with Gasteiger partial charge in [0.1, 0.15) is 5.82 Å². The Kier molecular flexibility index (Phi) is 2.42. The number of hydrogen-bond acceptors (Lipinski definition) is 2. The highest BCUT2D eigenvalue weighted by Gasteiger charge is 2.25. The summed E-state index contributed by atoms with van der Waals surface area (Å²) in [4.78, 5) is 0. The van der Waals surface area contributed by atoms with Gasteiger partial charge in [-0.25, -0.2) is 4.39 Å². The summed E-state index contributed by atoms with van der Waals surface area (Å²) in [7, 11) is 0. The van der Waals surface area contributed by atoms with E-state index in [0.29, 0.717) is 11.6 Å². The lowest BCUT2D eigenvalue weighted by atomic mass is 9.77. The zero-order valence-corrected chi connectivity index (χ0v) is 8.04. The van der Waals surface area contributed by atoms with E-state index in [1.54, 1.807) is 6.07 Å². The molecular formula is C11H15FN2. The van der Waals surface area contributed by atoms with Crippen molar-refractivity contribution in [3.05, 3.63) is 29.6 Å². The van der Waals surface area contributed by atoms with Crippen LogP contribution in [0.25, 0.3) is 0 Å². The maximum atomic E-state index is 13.0. The van der Waals surface area contributed by atoms with Gasteiger partial charge in [0.05, 0.1) is 0 Å². The van der Waals surface area contributed by atoms with Gasteiger partial charge < -0.3 is 11.5 Å². The van der Waals surface area contributed by atoms with Crippen LogP contribution >= 0.6 is 0 Å². The molecule has 3 heteroatoms. The van der Waals surface area contributed by atoms with Crippen molar-refractivity contribution in [3.63, 3.8) is 0 Å². The Morgan fingerprint density at radius 2 is 2.00 bits per heavy atom. The minimum atomic E-state index is -0.297. The molecule has 1 aliphatic rings. The fraction of sp³-hybridized carbons (Fsp3) is 0.455. The Morgan fingerprint density at radius 1 is 1.29 bits per heavy atom. The third kappa shape index (κ3) is 1.73. The molecule has 0 unspecified atom stereocenters. The van der Waals surface area contributed by atoms with E-state index in [9.17, 15) is 4.39 Å². The van der Waals surface area contributed by atoms with E-state index in [4.69, 9.17) is 11.5 Å². The molecule has 0 spiro atoms. The summed E-state index contributed by atoms with van der Waals surface area (Å²) in [6.07, 6.45) is 3.54. The van der Waals surface area contributed by atoms with Gasteiger partial charge in [-0.05, 0) is 42.5 Å². The Hall–Kier alpha value is -1.09. The highest BCUT2D eigenvalue weighted by Crippen LogP contribution is 2.36. The van der Waals surface area contributed by atoms with Crippen LogP contribution in [-0.2, 0) is 0 Å². The summed E-state index contributed by atoms with van der Waals surface area (Å²) in [6, 6.07) is 4.52. The van der Waals surface area contributed by atoms with Crippen LogP contribution in [0, 0.1) is 11.7 Å². The molecule has 0 aromatic heterocycles. The summed E-state index contributed by atoms with van der Waals surface area (Å²) in [6.45, 7) is 0. The van der Waals surface area contributed by atoms with Gasteiger partial charge in [0.2, 0.25) is 0 Å². The molecule has 0 radical (unpaired) electrons. The van der Waals surface area contributed by atoms with Crippen LogP contribution in [0.2, 0.25) is 0 Å². The predicted molar refractivity (Wildman–Crippen MR) is 55.1 cm³/mol. The van der Waals surface area contributed by atoms with Crippen LogP contribution in [-0.4, -0.2) is 0 Å². The first-order valence-corrected chi connectivity index (χ1v) is 4.98. The van der Waals surface area contributed by atoms with E-state index < -0.39 is 0 Å². The third-order valence-electron chi connectivity index (χ3n) is 2.99. The first kappa shape index (κ1) is 9.46. The summed E-state index contributed by atoms with van der Waals surface area (Å²) >= 11 is 0. The van der Waals surface area contributed by atoms with Crippen molar-refractivity contribution < 1.29 is 4.39 Å². The Morgan fingerprint density at radius 3 is 2.50 bits per heavy atom. The molecule has 4 N–H and O–H groups in total. The quantitative estimate of drug-likeness (QED) is 0.709. The molecule has 2 rings (SSSR count). The van der Waals surface area contributed by atoms with E-state index in [1.165, 1.54) is 18.6 Å². The van der Waals surface area contributed by atoms with Crippen LogP contribution in [0.3, 0.4) is 0 Å². The van der Waals surface area contributed by atoms with E-state index >= 15 is 0 Å². The number of benzene rings is 1. The Labute approximate surface area is 83.1 Å². The van der Waals surface area contributed by atoms with Gasteiger partial charge >= 0.3 is 0 Å². The standard InChI is InChI=1S/C11H15FN2/c12-9-4-8(5-10(13)6-9)11(14)7-2-1-3-7/h4-7,11H,1-3,13-14H2/t11-/m1/s1.